The van der Waals surface area contributed by atoms with Crippen molar-refractivity contribution in [2.24, 2.45) is 0 Å². The van der Waals surface area contributed by atoms with Gasteiger partial charge in [0.2, 0.25) is 11.9 Å². The maximum atomic E-state index is 13.0. The first-order chi connectivity index (χ1) is 30.0. The standard InChI is InChI=1S/C20H22ClN7O4.C20H24ClN7O2.CH4O/c1-11-6-7-13(28(30)31)9-15(11)23-18-22-10-14(21)17(24-18)27(16-8-12(2)25-26-16)19(29)32-20(3,4)5;1-11-6-7-13(22)9-15(11)24-18-23-10-14(21)17(25-18)28(16-8-12(2)26-27-16)19(29)30-20(3,4)5;1-2/h6-10H,1-5H3,(H,25,26)(H,22,23,24);6-10H,22H2,1-5H3,(H,26,27)(H,23,24,25);2H,1H3. The van der Waals surface area contributed by atoms with Gasteiger partial charge in [-0.05, 0) is 92.5 Å². The van der Waals surface area contributed by atoms with Crippen LogP contribution in [0.25, 0.3) is 0 Å². The highest BCUT2D eigenvalue weighted by atomic mass is 35.5. The molecule has 6 rings (SSSR count). The number of hydrogen-bond donors (Lipinski definition) is 6. The molecule has 0 atom stereocenters. The van der Waals surface area contributed by atoms with Gasteiger partial charge in [-0.15, -0.1) is 0 Å². The predicted octanol–water partition coefficient (Wildman–Crippen LogP) is 9.67. The lowest BCUT2D eigenvalue weighted by Crippen LogP contribution is -2.34. The van der Waals surface area contributed by atoms with Crippen LogP contribution in [0.5, 0.6) is 0 Å². The maximum Gasteiger partial charge on any atom is 0.422 e. The molecular formula is C41H50Cl2N14O7. The Morgan fingerprint density at radius 2 is 1.12 bits per heavy atom. The summed E-state index contributed by atoms with van der Waals surface area (Å²) in [5, 5.41) is 38.3. The third-order valence-corrected chi connectivity index (χ3v) is 8.59. The van der Waals surface area contributed by atoms with E-state index in [4.69, 9.17) is 43.5 Å². The van der Waals surface area contributed by atoms with Gasteiger partial charge in [0.1, 0.15) is 21.2 Å². The SMILES string of the molecule is CO.Cc1cc(N(C(=O)OC(C)(C)C)c2nc(Nc3cc(N)ccc3C)ncc2Cl)n[nH]1.Cc1cc(N(C(=O)OC(C)(C)C)c2nc(Nc3cc([N+](=O)[O-])ccc3C)ncc2Cl)n[nH]1. The quantitative estimate of drug-likeness (QED) is 0.0447. The second-order valence-corrected chi connectivity index (χ2v) is 16.6. The number of non-ortho nitro benzene ring substituents is 1. The fourth-order valence-corrected chi connectivity index (χ4v) is 5.60. The number of nitrogens with one attached hydrogen (secondary N) is 4. The molecule has 7 N–H and O–H groups in total. The summed E-state index contributed by atoms with van der Waals surface area (Å²) in [5.41, 5.74) is 9.23. The van der Waals surface area contributed by atoms with Crippen LogP contribution < -0.4 is 26.2 Å². The van der Waals surface area contributed by atoms with Gasteiger partial charge in [0.15, 0.2) is 23.3 Å². The van der Waals surface area contributed by atoms with Crippen molar-refractivity contribution in [1.82, 2.24) is 40.3 Å². The monoisotopic (exact) mass is 920 g/mol. The van der Waals surface area contributed by atoms with Crippen LogP contribution in [0, 0.1) is 37.8 Å². The highest BCUT2D eigenvalue weighted by Crippen LogP contribution is 2.34. The number of halogens is 2. The Morgan fingerprint density at radius 3 is 1.50 bits per heavy atom. The van der Waals surface area contributed by atoms with Crippen LogP contribution in [-0.4, -0.2) is 80.9 Å². The summed E-state index contributed by atoms with van der Waals surface area (Å²) < 4.78 is 11.1. The fraction of sp³-hybridized carbons (Fsp3) is 0.317. The molecule has 340 valence electrons. The van der Waals surface area contributed by atoms with Crippen molar-refractivity contribution < 1.29 is 29.1 Å². The Balaban J connectivity index is 0.000000271. The van der Waals surface area contributed by atoms with Crippen LogP contribution in [0.2, 0.25) is 10.0 Å². The number of H-pyrrole nitrogens is 2. The summed E-state index contributed by atoms with van der Waals surface area (Å²) >= 11 is 12.7. The normalized spacial score (nSPS) is 11.0. The van der Waals surface area contributed by atoms with E-state index in [1.54, 1.807) is 85.7 Å². The Hall–Kier alpha value is -7.10. The molecule has 2 amide bonds. The Bertz CT molecular complexity index is 2610. The van der Waals surface area contributed by atoms with Crippen LogP contribution in [-0.2, 0) is 9.47 Å². The van der Waals surface area contributed by atoms with Crippen LogP contribution >= 0.6 is 23.2 Å². The van der Waals surface area contributed by atoms with Gasteiger partial charge in [-0.3, -0.25) is 20.3 Å². The summed E-state index contributed by atoms with van der Waals surface area (Å²) in [7, 11) is 1.00. The smallest absolute Gasteiger partial charge is 0.422 e. The van der Waals surface area contributed by atoms with E-state index in [0.29, 0.717) is 22.9 Å². The van der Waals surface area contributed by atoms with E-state index < -0.39 is 28.3 Å². The van der Waals surface area contributed by atoms with E-state index in [-0.39, 0.29) is 45.1 Å². The first kappa shape index (κ1) is 49.6. The zero-order valence-electron chi connectivity index (χ0n) is 37.0. The molecule has 2 aromatic carbocycles. The number of nitro benzene ring substituents is 1. The van der Waals surface area contributed by atoms with Crippen molar-refractivity contribution >= 4 is 93.3 Å². The minimum absolute atomic E-state index is 0.0352. The van der Waals surface area contributed by atoms with Crippen LogP contribution in [0.15, 0.2) is 60.9 Å². The van der Waals surface area contributed by atoms with Crippen molar-refractivity contribution in [3.63, 3.8) is 0 Å². The number of nitro groups is 1. The number of hydrogen-bond acceptors (Lipinski definition) is 16. The van der Waals surface area contributed by atoms with Gasteiger partial charge in [-0.25, -0.2) is 29.4 Å². The van der Waals surface area contributed by atoms with Gasteiger partial charge in [-0.2, -0.15) is 20.2 Å². The first-order valence-electron chi connectivity index (χ1n) is 19.2. The summed E-state index contributed by atoms with van der Waals surface area (Å²) in [6, 6.07) is 13.2. The van der Waals surface area contributed by atoms with Crippen LogP contribution in [0.3, 0.4) is 0 Å². The van der Waals surface area contributed by atoms with Gasteiger partial charge in [0.05, 0.1) is 23.0 Å². The number of aromatic amines is 2. The molecule has 4 heterocycles. The number of aryl methyl sites for hydroxylation is 4. The highest BCUT2D eigenvalue weighted by molar-refractivity contribution is 6.34. The van der Waals surface area contributed by atoms with Crippen LogP contribution in [0.1, 0.15) is 64.1 Å². The molecule has 0 bridgehead atoms. The fourth-order valence-electron chi connectivity index (χ4n) is 5.25. The summed E-state index contributed by atoms with van der Waals surface area (Å²) in [6.07, 6.45) is 1.32. The van der Waals surface area contributed by atoms with Gasteiger partial charge in [-0.1, -0.05) is 35.3 Å². The van der Waals surface area contributed by atoms with Gasteiger partial charge < -0.3 is 30.9 Å². The van der Waals surface area contributed by atoms with Gasteiger partial charge in [0.25, 0.3) is 5.69 Å². The molecule has 23 heteroatoms. The zero-order chi connectivity index (χ0) is 47.7. The molecule has 0 saturated heterocycles. The minimum atomic E-state index is -0.776. The number of anilines is 9. The largest absolute Gasteiger partial charge is 0.443 e. The summed E-state index contributed by atoms with van der Waals surface area (Å²) in [5.74, 6) is 1.02. The number of nitrogens with zero attached hydrogens (tertiary/aromatic N) is 9. The lowest BCUT2D eigenvalue weighted by atomic mass is 10.2. The van der Waals surface area contributed by atoms with Crippen molar-refractivity contribution in [2.75, 3.05) is 33.3 Å². The van der Waals surface area contributed by atoms with E-state index in [1.165, 1.54) is 29.4 Å². The number of aliphatic hydroxyl groups is 1. The van der Waals surface area contributed by atoms with Crippen molar-refractivity contribution in [3.8, 4) is 0 Å². The average molecular weight is 922 g/mol. The van der Waals surface area contributed by atoms with E-state index >= 15 is 0 Å². The van der Waals surface area contributed by atoms with Crippen molar-refractivity contribution in [1.29, 1.82) is 0 Å². The lowest BCUT2D eigenvalue weighted by molar-refractivity contribution is -0.384. The summed E-state index contributed by atoms with van der Waals surface area (Å²) in [4.78, 5) is 56.1. The molecule has 0 unspecified atom stereocenters. The second-order valence-electron chi connectivity index (χ2n) is 15.8. The molecule has 0 aliphatic heterocycles. The number of aliphatic hydroxyl groups excluding tert-OH is 1. The lowest BCUT2D eigenvalue weighted by Gasteiger charge is -2.26. The van der Waals surface area contributed by atoms with Gasteiger partial charge in [0, 0.05) is 54.1 Å². The number of carbonyl (C=O) groups excluding carboxylic acids is 2. The molecule has 0 spiro atoms. The minimum Gasteiger partial charge on any atom is -0.443 e. The van der Waals surface area contributed by atoms with Gasteiger partial charge >= 0.3 is 12.2 Å². The molecule has 0 radical (unpaired) electrons. The molecule has 64 heavy (non-hydrogen) atoms. The number of ether oxygens (including phenoxy) is 2. The molecule has 0 aliphatic rings. The Morgan fingerprint density at radius 1 is 0.719 bits per heavy atom. The Labute approximate surface area is 378 Å². The number of aromatic nitrogens is 8. The maximum absolute atomic E-state index is 13.0. The van der Waals surface area contributed by atoms with Crippen molar-refractivity contribution in [3.05, 3.63) is 104 Å². The molecular weight excluding hydrogens is 871 g/mol. The molecule has 4 aromatic heterocycles. The van der Waals surface area contributed by atoms with E-state index in [2.05, 4.69) is 51.0 Å². The third kappa shape index (κ3) is 13.4. The Kier molecular flexibility index (Phi) is 16.1. The number of nitrogens with two attached hydrogens (primary N) is 1. The van der Waals surface area contributed by atoms with E-state index in [1.807, 2.05) is 19.9 Å². The van der Waals surface area contributed by atoms with Crippen LogP contribution in [0.4, 0.5) is 67.5 Å². The molecule has 0 saturated carbocycles. The molecule has 0 fully saturated rings. The first-order valence-corrected chi connectivity index (χ1v) is 20.0. The topological polar surface area (TPSA) is 281 Å². The number of benzene rings is 2. The number of amides is 2. The van der Waals surface area contributed by atoms with E-state index in [0.717, 1.165) is 34.5 Å². The number of nitrogen functional groups attached to an aromatic ring is 1. The summed E-state index contributed by atoms with van der Waals surface area (Å²) in [6.45, 7) is 17.8. The molecule has 0 aliphatic carbocycles. The zero-order valence-corrected chi connectivity index (χ0v) is 38.5. The second kappa shape index (κ2) is 20.8. The van der Waals surface area contributed by atoms with Crippen molar-refractivity contribution in [2.45, 2.75) is 80.4 Å². The highest BCUT2D eigenvalue weighted by Gasteiger charge is 2.31. The predicted molar refractivity (Wildman–Crippen MR) is 246 cm³/mol. The molecule has 6 aromatic rings. The molecule has 21 nitrogen and oxygen atoms in total. The van der Waals surface area contributed by atoms with E-state index in [9.17, 15) is 19.7 Å². The average Bonchev–Trinajstić information content (AvgIpc) is 3.83. The number of rotatable bonds is 9. The number of carbonyl (C=O) groups is 2. The third-order valence-electron chi connectivity index (χ3n) is 8.06.